The van der Waals surface area contributed by atoms with E-state index < -0.39 is 0 Å². The monoisotopic (exact) mass is 280 g/mol. The summed E-state index contributed by atoms with van der Waals surface area (Å²) in [7, 11) is 2.02. The molecular weight excluding hydrogens is 263 g/mol. The van der Waals surface area contributed by atoms with Crippen molar-refractivity contribution in [3.8, 4) is 0 Å². The van der Waals surface area contributed by atoms with E-state index in [1.165, 1.54) is 29.0 Å². The first-order chi connectivity index (χ1) is 10.2. The van der Waals surface area contributed by atoms with Crippen molar-refractivity contribution in [2.45, 2.75) is 18.9 Å². The topological polar surface area (TPSA) is 15.6 Å². The molecule has 21 heavy (non-hydrogen) atoms. The van der Waals surface area contributed by atoms with Gasteiger partial charge in [0.1, 0.15) is 5.82 Å². The Morgan fingerprint density at radius 2 is 1.86 bits per heavy atom. The first-order valence-electron chi connectivity index (χ1n) is 7.39. The number of rotatable bonds is 1. The molecule has 0 saturated heterocycles. The molecule has 0 bridgehead atoms. The van der Waals surface area contributed by atoms with Crippen LogP contribution in [0.15, 0.2) is 53.6 Å². The molecule has 0 spiro atoms. The summed E-state index contributed by atoms with van der Waals surface area (Å²) in [4.78, 5) is 0. The number of halogens is 1. The lowest BCUT2D eigenvalue weighted by molar-refractivity contribution is 0.243. The molecule has 2 aliphatic rings. The van der Waals surface area contributed by atoms with Crippen LogP contribution in [-0.2, 0) is 6.42 Å². The van der Waals surface area contributed by atoms with Crippen molar-refractivity contribution >= 4 is 5.71 Å². The smallest absolute Gasteiger partial charge is 0.123 e. The maximum Gasteiger partial charge on any atom is 0.123 e. The highest BCUT2D eigenvalue weighted by Gasteiger charge is 2.39. The molecule has 0 unspecified atom stereocenters. The first kappa shape index (κ1) is 12.6. The Labute approximate surface area is 123 Å². The molecule has 106 valence electrons. The molecule has 0 amide bonds. The van der Waals surface area contributed by atoms with E-state index >= 15 is 0 Å². The summed E-state index contributed by atoms with van der Waals surface area (Å²) in [6.07, 6.45) is 2.19. The van der Waals surface area contributed by atoms with Crippen LogP contribution in [0.3, 0.4) is 0 Å². The fourth-order valence-corrected chi connectivity index (χ4v) is 3.67. The highest BCUT2D eigenvalue weighted by molar-refractivity contribution is 6.05. The lowest BCUT2D eigenvalue weighted by Gasteiger charge is -2.28. The molecule has 0 aromatic heterocycles. The van der Waals surface area contributed by atoms with E-state index in [-0.39, 0.29) is 11.9 Å². The van der Waals surface area contributed by atoms with E-state index in [1.54, 1.807) is 0 Å². The molecule has 2 aromatic carbocycles. The maximum atomic E-state index is 13.2. The Kier molecular flexibility index (Phi) is 2.81. The van der Waals surface area contributed by atoms with Gasteiger partial charge in [0.25, 0.3) is 0 Å². The van der Waals surface area contributed by atoms with Gasteiger partial charge in [-0.05, 0) is 36.1 Å². The van der Waals surface area contributed by atoms with E-state index in [9.17, 15) is 4.39 Å². The summed E-state index contributed by atoms with van der Waals surface area (Å²) in [6.45, 7) is 0. The van der Waals surface area contributed by atoms with Crippen molar-refractivity contribution in [2.75, 3.05) is 7.05 Å². The average Bonchev–Trinajstić information content (AvgIpc) is 2.85. The second kappa shape index (κ2) is 4.69. The summed E-state index contributed by atoms with van der Waals surface area (Å²) >= 11 is 0. The van der Waals surface area contributed by atoms with Gasteiger partial charge < -0.3 is 0 Å². The van der Waals surface area contributed by atoms with Crippen molar-refractivity contribution in [1.82, 2.24) is 5.01 Å². The van der Waals surface area contributed by atoms with Crippen molar-refractivity contribution in [3.63, 3.8) is 0 Å². The van der Waals surface area contributed by atoms with Crippen LogP contribution >= 0.6 is 0 Å². The molecule has 3 heteroatoms. The fourth-order valence-electron chi connectivity index (χ4n) is 3.67. The Hall–Kier alpha value is -2.16. The van der Waals surface area contributed by atoms with Crippen LogP contribution in [-0.4, -0.2) is 17.8 Å². The van der Waals surface area contributed by atoms with Gasteiger partial charge in [-0.1, -0.05) is 36.4 Å². The highest BCUT2D eigenvalue weighted by atomic mass is 19.1. The highest BCUT2D eigenvalue weighted by Crippen LogP contribution is 2.42. The Bertz CT molecular complexity index is 705. The Balaban J connectivity index is 1.74. The van der Waals surface area contributed by atoms with Gasteiger partial charge in [0, 0.05) is 18.5 Å². The summed E-state index contributed by atoms with van der Waals surface area (Å²) in [5.74, 6) is 0.213. The van der Waals surface area contributed by atoms with E-state index in [1.807, 2.05) is 24.2 Å². The Morgan fingerprint density at radius 3 is 2.67 bits per heavy atom. The van der Waals surface area contributed by atoms with Gasteiger partial charge in [-0.3, -0.25) is 5.01 Å². The van der Waals surface area contributed by atoms with Gasteiger partial charge in [-0.25, -0.2) is 4.39 Å². The lowest BCUT2D eigenvalue weighted by atomic mass is 9.77. The van der Waals surface area contributed by atoms with Crippen molar-refractivity contribution in [1.29, 1.82) is 0 Å². The lowest BCUT2D eigenvalue weighted by Crippen LogP contribution is -2.27. The number of aryl methyl sites for hydroxylation is 1. The summed E-state index contributed by atoms with van der Waals surface area (Å²) in [5, 5.41) is 6.83. The molecule has 1 aliphatic heterocycles. The van der Waals surface area contributed by atoms with Gasteiger partial charge in [0.15, 0.2) is 0 Å². The number of hydrazone groups is 1. The fraction of sp³-hybridized carbons (Fsp3) is 0.278. The van der Waals surface area contributed by atoms with Crippen LogP contribution in [0.1, 0.15) is 29.2 Å². The van der Waals surface area contributed by atoms with Gasteiger partial charge >= 0.3 is 0 Å². The largest absolute Gasteiger partial charge is 0.292 e. The summed E-state index contributed by atoms with van der Waals surface area (Å²) in [5.41, 5.74) is 5.00. The van der Waals surface area contributed by atoms with Gasteiger partial charge in [-0.2, -0.15) is 5.10 Å². The predicted molar refractivity (Wildman–Crippen MR) is 81.7 cm³/mol. The van der Waals surface area contributed by atoms with E-state index in [2.05, 4.69) is 24.3 Å². The molecule has 2 atom stereocenters. The quantitative estimate of drug-likeness (QED) is 0.776. The third-order valence-electron chi connectivity index (χ3n) is 4.63. The van der Waals surface area contributed by atoms with Crippen LogP contribution in [0.5, 0.6) is 0 Å². The van der Waals surface area contributed by atoms with Crippen LogP contribution in [0.25, 0.3) is 0 Å². The third kappa shape index (κ3) is 1.96. The molecule has 1 heterocycles. The minimum absolute atomic E-state index is 0.186. The van der Waals surface area contributed by atoms with Crippen molar-refractivity contribution < 1.29 is 4.39 Å². The molecule has 4 rings (SSSR count). The summed E-state index contributed by atoms with van der Waals surface area (Å²) in [6, 6.07) is 15.6. The second-order valence-corrected chi connectivity index (χ2v) is 5.86. The molecule has 2 aromatic rings. The molecule has 0 radical (unpaired) electrons. The van der Waals surface area contributed by atoms with E-state index in [0.29, 0.717) is 5.92 Å². The zero-order chi connectivity index (χ0) is 14.4. The zero-order valence-electron chi connectivity index (χ0n) is 12.0. The maximum absolute atomic E-state index is 13.2. The van der Waals surface area contributed by atoms with Crippen LogP contribution in [0.4, 0.5) is 4.39 Å². The molecule has 2 nitrogen and oxygen atoms in total. The standard InChI is InChI=1S/C18H17FN2/c1-21-18(13-6-9-14(19)10-7-13)16-11-8-12-4-2-3-5-15(12)17(16)20-21/h2-7,9-10,16,18H,8,11H2,1H3/t16-,18-/m1/s1. The molecule has 0 fully saturated rings. The van der Waals surface area contributed by atoms with Gasteiger partial charge in [0.05, 0.1) is 11.8 Å². The number of hydrogen-bond donors (Lipinski definition) is 0. The van der Waals surface area contributed by atoms with E-state index in [4.69, 9.17) is 5.10 Å². The second-order valence-electron chi connectivity index (χ2n) is 5.86. The van der Waals surface area contributed by atoms with Crippen LogP contribution in [0.2, 0.25) is 0 Å². The first-order valence-corrected chi connectivity index (χ1v) is 7.39. The predicted octanol–water partition coefficient (Wildman–Crippen LogP) is 3.78. The van der Waals surface area contributed by atoms with Crippen LogP contribution in [0, 0.1) is 11.7 Å². The third-order valence-corrected chi connectivity index (χ3v) is 4.63. The number of fused-ring (bicyclic) bond motifs is 3. The SMILES string of the molecule is CN1N=C2c3ccccc3CC[C@H]2[C@H]1c1ccc(F)cc1. The minimum atomic E-state index is -0.186. The number of nitrogens with zero attached hydrogens (tertiary/aromatic N) is 2. The minimum Gasteiger partial charge on any atom is -0.292 e. The van der Waals surface area contributed by atoms with E-state index in [0.717, 1.165) is 18.4 Å². The van der Waals surface area contributed by atoms with Gasteiger partial charge in [0.2, 0.25) is 0 Å². The van der Waals surface area contributed by atoms with Crippen LogP contribution < -0.4 is 0 Å². The normalized spacial score (nSPS) is 23.5. The molecular formula is C18H17FN2. The summed E-state index contributed by atoms with van der Waals surface area (Å²) < 4.78 is 13.2. The molecule has 0 N–H and O–H groups in total. The Morgan fingerprint density at radius 1 is 1.10 bits per heavy atom. The average molecular weight is 280 g/mol. The zero-order valence-corrected chi connectivity index (χ0v) is 12.0. The van der Waals surface area contributed by atoms with Crippen molar-refractivity contribution in [3.05, 3.63) is 71.0 Å². The number of hydrogen-bond acceptors (Lipinski definition) is 2. The molecule has 1 aliphatic carbocycles. The van der Waals surface area contributed by atoms with Gasteiger partial charge in [-0.15, -0.1) is 0 Å². The number of benzene rings is 2. The van der Waals surface area contributed by atoms with Crippen molar-refractivity contribution in [2.24, 2.45) is 11.0 Å². The molecule has 0 saturated carbocycles.